The van der Waals surface area contributed by atoms with Gasteiger partial charge < -0.3 is 15.1 Å². The van der Waals surface area contributed by atoms with Crippen molar-refractivity contribution in [2.24, 2.45) is 0 Å². The Balaban J connectivity index is 2.20. The topological polar surface area (TPSA) is 54.3 Å². The van der Waals surface area contributed by atoms with Crippen LogP contribution in [0, 0.1) is 0 Å². The monoisotopic (exact) mass is 278 g/mol. The molecule has 0 saturated heterocycles. The molecule has 18 heavy (non-hydrogen) atoms. The number of thioether (sulfide) groups is 1. The summed E-state index contributed by atoms with van der Waals surface area (Å²) in [6.07, 6.45) is 0.394. The molecule has 0 spiro atoms. The van der Waals surface area contributed by atoms with E-state index in [1.165, 1.54) is 0 Å². The number of halogens is 2. The third kappa shape index (κ3) is 6.02. The van der Waals surface area contributed by atoms with Crippen molar-refractivity contribution >= 4 is 17.7 Å². The van der Waals surface area contributed by atoms with E-state index in [1.807, 2.05) is 0 Å². The van der Waals surface area contributed by atoms with E-state index in [1.54, 1.807) is 19.2 Å². The van der Waals surface area contributed by atoms with Crippen LogP contribution < -0.4 is 10.6 Å². The predicted molar refractivity (Wildman–Crippen MR) is 66.4 cm³/mol. The van der Waals surface area contributed by atoms with E-state index in [0.29, 0.717) is 42.8 Å². The van der Waals surface area contributed by atoms with Crippen LogP contribution in [0.25, 0.3) is 0 Å². The number of carbonyl (C=O) groups is 1. The Morgan fingerprint density at radius 2 is 2.17 bits per heavy atom. The third-order valence-corrected chi connectivity index (χ3v) is 2.88. The molecule has 0 aliphatic rings. The van der Waals surface area contributed by atoms with Crippen LogP contribution in [0.1, 0.15) is 17.9 Å². The van der Waals surface area contributed by atoms with Crippen LogP contribution in [0.4, 0.5) is 8.78 Å². The van der Waals surface area contributed by atoms with Gasteiger partial charge in [0.15, 0.2) is 0 Å². The zero-order chi connectivity index (χ0) is 13.4. The molecule has 0 aliphatic heterocycles. The summed E-state index contributed by atoms with van der Waals surface area (Å²) in [6, 6.07) is 3.43. The second-order valence-electron chi connectivity index (χ2n) is 3.54. The van der Waals surface area contributed by atoms with Crippen LogP contribution in [0.5, 0.6) is 0 Å². The van der Waals surface area contributed by atoms with Gasteiger partial charge in [0, 0.05) is 20.0 Å². The van der Waals surface area contributed by atoms with Crippen LogP contribution in [0.3, 0.4) is 0 Å². The highest BCUT2D eigenvalue weighted by Crippen LogP contribution is 2.21. The van der Waals surface area contributed by atoms with Gasteiger partial charge in [0.2, 0.25) is 5.91 Å². The van der Waals surface area contributed by atoms with Crippen LogP contribution in [-0.2, 0) is 17.1 Å². The third-order valence-electron chi connectivity index (χ3n) is 2.18. The quantitative estimate of drug-likeness (QED) is 0.714. The van der Waals surface area contributed by atoms with Gasteiger partial charge in [-0.15, -0.1) is 0 Å². The lowest BCUT2D eigenvalue weighted by molar-refractivity contribution is -0.120. The number of carbonyl (C=O) groups excluding carboxylic acids is 1. The Kier molecular flexibility index (Phi) is 6.74. The average molecular weight is 278 g/mol. The van der Waals surface area contributed by atoms with Gasteiger partial charge in [0.25, 0.3) is 5.76 Å². The van der Waals surface area contributed by atoms with Gasteiger partial charge in [0.1, 0.15) is 11.5 Å². The first kappa shape index (κ1) is 15.0. The smallest absolute Gasteiger partial charge is 0.284 e. The number of amides is 1. The van der Waals surface area contributed by atoms with Crippen molar-refractivity contribution in [1.82, 2.24) is 10.6 Å². The van der Waals surface area contributed by atoms with Crippen molar-refractivity contribution < 1.29 is 18.0 Å². The summed E-state index contributed by atoms with van der Waals surface area (Å²) >= 11 is 0.533. The van der Waals surface area contributed by atoms with Gasteiger partial charge >= 0.3 is 0 Å². The second-order valence-corrected chi connectivity index (χ2v) is 4.52. The van der Waals surface area contributed by atoms with Crippen LogP contribution in [0.15, 0.2) is 16.5 Å². The van der Waals surface area contributed by atoms with E-state index in [0.717, 1.165) is 0 Å². The molecule has 2 N–H and O–H groups in total. The first-order valence-electron chi connectivity index (χ1n) is 5.50. The lowest BCUT2D eigenvalue weighted by atomic mass is 10.4. The van der Waals surface area contributed by atoms with E-state index in [2.05, 4.69) is 10.6 Å². The fraction of sp³-hybridized carbons (Fsp3) is 0.545. The van der Waals surface area contributed by atoms with Gasteiger partial charge in [-0.1, -0.05) is 11.8 Å². The Hall–Kier alpha value is -1.08. The summed E-state index contributed by atoms with van der Waals surface area (Å²) in [5.41, 5.74) is 0. The minimum atomic E-state index is -2.38. The molecule has 0 saturated carbocycles. The molecule has 0 atom stereocenters. The molecule has 4 nitrogen and oxygen atoms in total. The molecular weight excluding hydrogens is 262 g/mol. The van der Waals surface area contributed by atoms with Crippen molar-refractivity contribution in [1.29, 1.82) is 0 Å². The highest BCUT2D eigenvalue weighted by Gasteiger charge is 2.07. The van der Waals surface area contributed by atoms with Crippen LogP contribution in [0.2, 0.25) is 0 Å². The number of rotatable bonds is 8. The number of furan rings is 1. The summed E-state index contributed by atoms with van der Waals surface area (Å²) in [5, 5.41) is 5.55. The molecule has 1 aromatic heterocycles. The Morgan fingerprint density at radius 3 is 2.83 bits per heavy atom. The summed E-state index contributed by atoms with van der Waals surface area (Å²) in [6.45, 7) is 1.03. The van der Waals surface area contributed by atoms with Gasteiger partial charge in [-0.05, 0) is 12.1 Å². The minimum absolute atomic E-state index is 0.0315. The molecule has 0 radical (unpaired) electrons. The fourth-order valence-electron chi connectivity index (χ4n) is 1.28. The Bertz CT molecular complexity index is 372. The first-order chi connectivity index (χ1) is 8.61. The largest absolute Gasteiger partial charge is 0.464 e. The van der Waals surface area contributed by atoms with Crippen molar-refractivity contribution in [2.75, 3.05) is 13.6 Å². The van der Waals surface area contributed by atoms with Crippen molar-refractivity contribution in [2.45, 2.75) is 24.5 Å². The Labute approximate surface area is 108 Å². The average Bonchev–Trinajstić information content (AvgIpc) is 2.79. The van der Waals surface area contributed by atoms with Crippen LogP contribution >= 0.6 is 11.8 Å². The highest BCUT2D eigenvalue weighted by atomic mass is 32.2. The molecule has 0 fully saturated rings. The van der Waals surface area contributed by atoms with Crippen molar-refractivity contribution in [3.8, 4) is 0 Å². The van der Waals surface area contributed by atoms with E-state index in [-0.39, 0.29) is 11.7 Å². The van der Waals surface area contributed by atoms with Gasteiger partial charge in [0.05, 0.1) is 12.3 Å². The molecular formula is C11H16F2N2O2S. The van der Waals surface area contributed by atoms with Crippen molar-refractivity contribution in [3.63, 3.8) is 0 Å². The fourth-order valence-corrected chi connectivity index (χ4v) is 1.72. The summed E-state index contributed by atoms with van der Waals surface area (Å²) < 4.78 is 29.3. The minimum Gasteiger partial charge on any atom is -0.464 e. The van der Waals surface area contributed by atoms with E-state index in [4.69, 9.17) is 4.42 Å². The lowest BCUT2D eigenvalue weighted by Crippen LogP contribution is -2.24. The second kappa shape index (κ2) is 8.10. The number of hydrogen-bond acceptors (Lipinski definition) is 4. The predicted octanol–water partition coefficient (Wildman–Crippen LogP) is 1.96. The summed E-state index contributed by atoms with van der Waals surface area (Å²) in [4.78, 5) is 10.9. The maximum atomic E-state index is 12.0. The molecule has 7 heteroatoms. The molecule has 1 heterocycles. The molecule has 1 aromatic rings. The van der Waals surface area contributed by atoms with Crippen molar-refractivity contribution in [3.05, 3.63) is 23.7 Å². The van der Waals surface area contributed by atoms with E-state index >= 15 is 0 Å². The zero-order valence-electron chi connectivity index (χ0n) is 10.0. The Morgan fingerprint density at radius 1 is 1.44 bits per heavy atom. The maximum Gasteiger partial charge on any atom is 0.284 e. The number of alkyl halides is 2. The van der Waals surface area contributed by atoms with E-state index < -0.39 is 5.76 Å². The molecule has 0 unspecified atom stereocenters. The van der Waals surface area contributed by atoms with Gasteiger partial charge in [-0.3, -0.25) is 4.79 Å². The molecule has 0 bridgehead atoms. The molecule has 1 amide bonds. The SMILES string of the molecule is CNC(=O)CCNCc1ccc(CSC(F)F)o1. The zero-order valence-corrected chi connectivity index (χ0v) is 10.9. The van der Waals surface area contributed by atoms with Gasteiger partial charge in [-0.2, -0.15) is 8.78 Å². The first-order valence-corrected chi connectivity index (χ1v) is 6.55. The van der Waals surface area contributed by atoms with E-state index in [9.17, 15) is 13.6 Å². The lowest BCUT2D eigenvalue weighted by Gasteiger charge is -2.02. The molecule has 0 aliphatic carbocycles. The normalized spacial score (nSPS) is 10.9. The molecule has 1 rings (SSSR count). The van der Waals surface area contributed by atoms with Crippen LogP contribution in [-0.4, -0.2) is 25.3 Å². The maximum absolute atomic E-state index is 12.0. The van der Waals surface area contributed by atoms with Gasteiger partial charge in [-0.25, -0.2) is 0 Å². The highest BCUT2D eigenvalue weighted by molar-refractivity contribution is 7.98. The molecule has 102 valence electrons. The summed E-state index contributed by atoms with van der Waals surface area (Å²) in [7, 11) is 1.59. The number of hydrogen-bond donors (Lipinski definition) is 2. The summed E-state index contributed by atoms with van der Waals surface area (Å²) in [5.74, 6) is -1.05. The molecule has 0 aromatic carbocycles. The number of nitrogens with one attached hydrogen (secondary N) is 2. The standard InChI is InChI=1S/C11H16F2N2O2S/c1-14-10(16)4-5-15-6-8-2-3-9(17-8)7-18-11(12)13/h2-3,11,15H,4-7H2,1H3,(H,14,16).